The number of hydrogen-bond donors (Lipinski definition) is 2. The van der Waals surface area contributed by atoms with Crippen LogP contribution in [0, 0.1) is 10.5 Å². The summed E-state index contributed by atoms with van der Waals surface area (Å²) in [6.45, 7) is 2.68. The Balaban J connectivity index is 2.07. The average molecular weight is 339 g/mol. The Bertz CT molecular complexity index is 526. The van der Waals surface area contributed by atoms with E-state index in [0.29, 0.717) is 6.54 Å². The third-order valence-electron chi connectivity index (χ3n) is 2.42. The molecule has 1 aromatic heterocycles. The molecule has 0 aliphatic rings. The number of halogens is 1. The lowest BCUT2D eigenvalue weighted by atomic mass is 10.2. The Morgan fingerprint density at radius 2 is 2.12 bits per heavy atom. The van der Waals surface area contributed by atoms with E-state index in [1.807, 2.05) is 43.3 Å². The van der Waals surface area contributed by atoms with Crippen LogP contribution in [0.5, 0.6) is 0 Å². The molecule has 0 bridgehead atoms. The van der Waals surface area contributed by atoms with E-state index in [-0.39, 0.29) is 0 Å². The van der Waals surface area contributed by atoms with Crippen LogP contribution < -0.4 is 11.1 Å². The zero-order valence-electron chi connectivity index (χ0n) is 9.57. The number of anilines is 2. The maximum absolute atomic E-state index is 5.93. The van der Waals surface area contributed by atoms with Gasteiger partial charge in [0, 0.05) is 9.26 Å². The van der Waals surface area contributed by atoms with Crippen molar-refractivity contribution in [2.24, 2.45) is 0 Å². The molecule has 0 unspecified atom stereocenters. The molecule has 0 aliphatic heterocycles. The second kappa shape index (κ2) is 5.35. The largest absolute Gasteiger partial charge is 0.397 e. The lowest BCUT2D eigenvalue weighted by Crippen LogP contribution is -2.04. The van der Waals surface area contributed by atoms with Crippen LogP contribution in [0.1, 0.15) is 11.4 Å². The minimum absolute atomic E-state index is 0.687. The third kappa shape index (κ3) is 3.33. The van der Waals surface area contributed by atoms with Crippen LogP contribution in [0.3, 0.4) is 0 Å². The van der Waals surface area contributed by atoms with Crippen molar-refractivity contribution in [2.75, 3.05) is 11.1 Å². The Morgan fingerprint density at radius 1 is 1.29 bits per heavy atom. The van der Waals surface area contributed by atoms with Crippen molar-refractivity contribution in [3.05, 3.63) is 51.4 Å². The van der Waals surface area contributed by atoms with Crippen LogP contribution >= 0.6 is 22.6 Å². The van der Waals surface area contributed by atoms with Crippen molar-refractivity contribution in [2.45, 2.75) is 13.5 Å². The lowest BCUT2D eigenvalue weighted by molar-refractivity contribution is 1.02. The second-order valence-corrected chi connectivity index (χ2v) is 5.10. The van der Waals surface area contributed by atoms with Gasteiger partial charge in [0.15, 0.2) is 0 Å². The first-order valence-corrected chi connectivity index (χ1v) is 6.44. The van der Waals surface area contributed by atoms with Crippen LogP contribution in [0.4, 0.5) is 11.4 Å². The summed E-state index contributed by atoms with van der Waals surface area (Å²) in [5, 5.41) is 3.29. The van der Waals surface area contributed by atoms with Crippen LogP contribution in [-0.2, 0) is 6.54 Å². The Kier molecular flexibility index (Phi) is 3.83. The number of hydrogen-bond acceptors (Lipinski definition) is 3. The Morgan fingerprint density at radius 3 is 2.82 bits per heavy atom. The fraction of sp³-hybridized carbons (Fsp3) is 0.154. The molecule has 4 heteroatoms. The highest BCUT2D eigenvalue weighted by molar-refractivity contribution is 14.1. The van der Waals surface area contributed by atoms with Crippen LogP contribution in [0.25, 0.3) is 0 Å². The van der Waals surface area contributed by atoms with Crippen LogP contribution in [-0.4, -0.2) is 4.98 Å². The summed E-state index contributed by atoms with van der Waals surface area (Å²) in [6.07, 6.45) is 0. The molecule has 0 amide bonds. The van der Waals surface area contributed by atoms with Gasteiger partial charge in [-0.15, -0.1) is 0 Å². The normalized spacial score (nSPS) is 10.2. The zero-order valence-corrected chi connectivity index (χ0v) is 11.7. The van der Waals surface area contributed by atoms with E-state index < -0.39 is 0 Å². The fourth-order valence-electron chi connectivity index (χ4n) is 1.58. The molecule has 0 saturated heterocycles. The van der Waals surface area contributed by atoms with Crippen molar-refractivity contribution in [1.29, 1.82) is 0 Å². The monoisotopic (exact) mass is 339 g/mol. The standard InChI is InChI=1S/C13H14IN3/c1-9-3-2-4-11(17-9)8-16-13-6-5-10(14)7-12(13)15/h2-7,16H,8,15H2,1H3. The van der Waals surface area contributed by atoms with Crippen LogP contribution in [0.2, 0.25) is 0 Å². The van der Waals surface area contributed by atoms with E-state index >= 15 is 0 Å². The van der Waals surface area contributed by atoms with Gasteiger partial charge < -0.3 is 11.1 Å². The summed E-state index contributed by atoms with van der Waals surface area (Å²) in [7, 11) is 0. The van der Waals surface area contributed by atoms with Crippen LogP contribution in [0.15, 0.2) is 36.4 Å². The maximum atomic E-state index is 5.93. The Labute approximate surface area is 115 Å². The van der Waals surface area contributed by atoms with Gasteiger partial charge in [0.1, 0.15) is 0 Å². The molecule has 3 N–H and O–H groups in total. The molecule has 17 heavy (non-hydrogen) atoms. The molecule has 0 spiro atoms. The molecule has 2 rings (SSSR count). The summed E-state index contributed by atoms with van der Waals surface area (Å²) in [5.74, 6) is 0. The highest BCUT2D eigenvalue weighted by atomic mass is 127. The molecule has 1 aromatic carbocycles. The predicted octanol–water partition coefficient (Wildman–Crippen LogP) is 3.19. The van der Waals surface area contributed by atoms with Gasteiger partial charge >= 0.3 is 0 Å². The minimum Gasteiger partial charge on any atom is -0.397 e. The SMILES string of the molecule is Cc1cccc(CNc2ccc(I)cc2N)n1. The zero-order chi connectivity index (χ0) is 12.3. The molecule has 0 radical (unpaired) electrons. The van der Waals surface area contributed by atoms with Crippen molar-refractivity contribution >= 4 is 34.0 Å². The van der Waals surface area contributed by atoms with Gasteiger partial charge in [-0.05, 0) is 59.8 Å². The van der Waals surface area contributed by atoms with Crippen molar-refractivity contribution in [3.8, 4) is 0 Å². The molecule has 0 fully saturated rings. The molecule has 0 saturated carbocycles. The molecule has 0 atom stereocenters. The number of benzene rings is 1. The first kappa shape index (κ1) is 12.2. The smallest absolute Gasteiger partial charge is 0.0597 e. The molecule has 2 aromatic rings. The molecule has 3 nitrogen and oxygen atoms in total. The van der Waals surface area contributed by atoms with Gasteiger partial charge in [-0.2, -0.15) is 0 Å². The molecule has 0 aliphatic carbocycles. The van der Waals surface area contributed by atoms with E-state index in [1.54, 1.807) is 0 Å². The highest BCUT2D eigenvalue weighted by Crippen LogP contribution is 2.21. The highest BCUT2D eigenvalue weighted by Gasteiger charge is 2.00. The Hall–Kier alpha value is -1.30. The predicted molar refractivity (Wildman–Crippen MR) is 79.9 cm³/mol. The third-order valence-corrected chi connectivity index (χ3v) is 3.09. The summed E-state index contributed by atoms with van der Waals surface area (Å²) < 4.78 is 1.14. The number of rotatable bonds is 3. The number of nitrogens with two attached hydrogens (primary N) is 1. The number of nitrogen functional groups attached to an aromatic ring is 1. The van der Waals surface area contributed by atoms with E-state index in [4.69, 9.17) is 5.73 Å². The van der Waals surface area contributed by atoms with Crippen molar-refractivity contribution in [3.63, 3.8) is 0 Å². The van der Waals surface area contributed by atoms with E-state index in [0.717, 1.165) is 26.3 Å². The van der Waals surface area contributed by atoms with Gasteiger partial charge in [-0.1, -0.05) is 6.07 Å². The van der Waals surface area contributed by atoms with E-state index in [9.17, 15) is 0 Å². The minimum atomic E-state index is 0.687. The van der Waals surface area contributed by atoms with Crippen molar-refractivity contribution in [1.82, 2.24) is 4.98 Å². The molecule has 88 valence electrons. The van der Waals surface area contributed by atoms with Crippen molar-refractivity contribution < 1.29 is 0 Å². The summed E-state index contributed by atoms with van der Waals surface area (Å²) in [6, 6.07) is 12.0. The molecular weight excluding hydrogens is 325 g/mol. The first-order chi connectivity index (χ1) is 8.15. The fourth-order valence-corrected chi connectivity index (χ4v) is 2.09. The molecular formula is C13H14IN3. The van der Waals surface area contributed by atoms with E-state index in [1.165, 1.54) is 0 Å². The number of nitrogens with zero attached hydrogens (tertiary/aromatic N) is 1. The lowest BCUT2D eigenvalue weighted by Gasteiger charge is -2.09. The maximum Gasteiger partial charge on any atom is 0.0597 e. The summed E-state index contributed by atoms with van der Waals surface area (Å²) >= 11 is 2.25. The van der Waals surface area contributed by atoms with Gasteiger partial charge in [0.05, 0.1) is 23.6 Å². The number of nitrogens with one attached hydrogen (secondary N) is 1. The van der Waals surface area contributed by atoms with Gasteiger partial charge in [-0.25, -0.2) is 0 Å². The van der Waals surface area contributed by atoms with Gasteiger partial charge in [0.2, 0.25) is 0 Å². The number of aryl methyl sites for hydroxylation is 1. The number of pyridine rings is 1. The second-order valence-electron chi connectivity index (χ2n) is 3.86. The first-order valence-electron chi connectivity index (χ1n) is 5.36. The van der Waals surface area contributed by atoms with Gasteiger partial charge in [-0.3, -0.25) is 4.98 Å². The van der Waals surface area contributed by atoms with E-state index in [2.05, 4.69) is 32.9 Å². The quantitative estimate of drug-likeness (QED) is 0.667. The summed E-state index contributed by atoms with van der Waals surface area (Å²) in [4.78, 5) is 4.43. The van der Waals surface area contributed by atoms with Gasteiger partial charge in [0.25, 0.3) is 0 Å². The topological polar surface area (TPSA) is 50.9 Å². The number of aromatic nitrogens is 1. The summed E-state index contributed by atoms with van der Waals surface area (Å²) in [5.41, 5.74) is 9.69. The average Bonchev–Trinajstić information content (AvgIpc) is 2.28. The molecule has 1 heterocycles.